The van der Waals surface area contributed by atoms with Crippen molar-refractivity contribution in [3.05, 3.63) is 0 Å². The maximum Gasteiger partial charge on any atom is 0.0724 e. The largest absolute Gasteiger partial charge is 0.394 e. The van der Waals surface area contributed by atoms with Crippen molar-refractivity contribution in [1.82, 2.24) is 4.90 Å². The van der Waals surface area contributed by atoms with Crippen LogP contribution < -0.4 is 5.73 Å². The van der Waals surface area contributed by atoms with Crippen LogP contribution in [-0.4, -0.2) is 54.5 Å². The molecule has 0 aromatic carbocycles. The van der Waals surface area contributed by atoms with Crippen molar-refractivity contribution in [2.24, 2.45) is 11.7 Å². The summed E-state index contributed by atoms with van der Waals surface area (Å²) in [5.41, 5.74) is 5.53. The molecule has 0 saturated carbocycles. The second-order valence-corrected chi connectivity index (χ2v) is 5.90. The molecule has 4 nitrogen and oxygen atoms in total. The molecular formula is C13H28N2O2. The van der Waals surface area contributed by atoms with E-state index in [1.54, 1.807) is 7.11 Å². The maximum atomic E-state index is 9.21. The van der Waals surface area contributed by atoms with Crippen LogP contribution in [0.5, 0.6) is 0 Å². The van der Waals surface area contributed by atoms with E-state index in [-0.39, 0.29) is 6.61 Å². The number of likely N-dealkylation sites (tertiary alicyclic amines) is 1. The Kier molecular flexibility index (Phi) is 5.38. The van der Waals surface area contributed by atoms with Crippen LogP contribution in [0.1, 0.15) is 33.6 Å². The van der Waals surface area contributed by atoms with Gasteiger partial charge in [0.25, 0.3) is 0 Å². The lowest BCUT2D eigenvalue weighted by atomic mass is 9.91. The minimum atomic E-state index is -0.481. The van der Waals surface area contributed by atoms with Crippen molar-refractivity contribution in [1.29, 1.82) is 0 Å². The summed E-state index contributed by atoms with van der Waals surface area (Å²) in [7, 11) is 1.79. The van der Waals surface area contributed by atoms with Crippen LogP contribution in [0.4, 0.5) is 0 Å². The van der Waals surface area contributed by atoms with Gasteiger partial charge in [-0.3, -0.25) is 4.90 Å². The molecule has 4 atom stereocenters. The molecule has 4 heteroatoms. The van der Waals surface area contributed by atoms with Crippen LogP contribution in [-0.2, 0) is 4.74 Å². The Morgan fingerprint density at radius 2 is 2.24 bits per heavy atom. The average Bonchev–Trinajstić information content (AvgIpc) is 2.29. The van der Waals surface area contributed by atoms with Gasteiger partial charge in [0.2, 0.25) is 0 Å². The molecule has 0 amide bonds. The molecule has 0 radical (unpaired) electrons. The molecule has 1 aliphatic heterocycles. The van der Waals surface area contributed by atoms with Crippen molar-refractivity contribution in [3.63, 3.8) is 0 Å². The fourth-order valence-corrected chi connectivity index (χ4v) is 2.63. The zero-order valence-electron chi connectivity index (χ0n) is 11.6. The zero-order valence-corrected chi connectivity index (χ0v) is 11.6. The Labute approximate surface area is 105 Å². The van der Waals surface area contributed by atoms with E-state index >= 15 is 0 Å². The van der Waals surface area contributed by atoms with Gasteiger partial charge in [0, 0.05) is 25.2 Å². The summed E-state index contributed by atoms with van der Waals surface area (Å²) in [6.45, 7) is 8.45. The first-order valence-corrected chi connectivity index (χ1v) is 6.56. The Morgan fingerprint density at radius 3 is 2.76 bits per heavy atom. The predicted molar refractivity (Wildman–Crippen MR) is 69.9 cm³/mol. The standard InChI is InChI=1S/C13H28N2O2/c1-10-5-6-15(8-12(10)17-4)11(2)7-13(3,14)9-16/h10-12,16H,5-9,14H2,1-4H3. The molecule has 4 unspecified atom stereocenters. The van der Waals surface area contributed by atoms with Gasteiger partial charge in [-0.15, -0.1) is 0 Å². The van der Waals surface area contributed by atoms with Gasteiger partial charge in [-0.25, -0.2) is 0 Å². The van der Waals surface area contributed by atoms with Crippen LogP contribution in [0.2, 0.25) is 0 Å². The van der Waals surface area contributed by atoms with Gasteiger partial charge < -0.3 is 15.6 Å². The molecular weight excluding hydrogens is 216 g/mol. The average molecular weight is 244 g/mol. The quantitative estimate of drug-likeness (QED) is 0.752. The van der Waals surface area contributed by atoms with E-state index in [1.807, 2.05) is 6.92 Å². The van der Waals surface area contributed by atoms with E-state index in [2.05, 4.69) is 18.7 Å². The monoisotopic (exact) mass is 244 g/mol. The first-order valence-electron chi connectivity index (χ1n) is 6.56. The highest BCUT2D eigenvalue weighted by molar-refractivity contribution is 4.87. The second-order valence-electron chi connectivity index (χ2n) is 5.90. The van der Waals surface area contributed by atoms with Crippen LogP contribution in [0.3, 0.4) is 0 Å². The van der Waals surface area contributed by atoms with Gasteiger partial charge in [-0.1, -0.05) is 6.92 Å². The van der Waals surface area contributed by atoms with Gasteiger partial charge >= 0.3 is 0 Å². The Morgan fingerprint density at radius 1 is 1.59 bits per heavy atom. The third-order valence-electron chi connectivity index (χ3n) is 3.97. The normalized spacial score (nSPS) is 32.1. The van der Waals surface area contributed by atoms with E-state index in [0.717, 1.165) is 19.5 Å². The first kappa shape index (κ1) is 14.9. The van der Waals surface area contributed by atoms with Crippen LogP contribution in [0.25, 0.3) is 0 Å². The van der Waals surface area contributed by atoms with Crippen molar-refractivity contribution in [2.45, 2.75) is 51.3 Å². The fraction of sp³-hybridized carbons (Fsp3) is 1.00. The molecule has 0 aliphatic carbocycles. The summed E-state index contributed by atoms with van der Waals surface area (Å²) in [6.07, 6.45) is 2.31. The van der Waals surface area contributed by atoms with Gasteiger partial charge in [0.1, 0.15) is 0 Å². The molecule has 1 heterocycles. The molecule has 3 N–H and O–H groups in total. The summed E-state index contributed by atoms with van der Waals surface area (Å²) >= 11 is 0. The Bertz CT molecular complexity index is 233. The fourth-order valence-electron chi connectivity index (χ4n) is 2.63. The third kappa shape index (κ3) is 4.21. The minimum absolute atomic E-state index is 0.0370. The van der Waals surface area contributed by atoms with Crippen molar-refractivity contribution in [2.75, 3.05) is 26.8 Å². The summed E-state index contributed by atoms with van der Waals surface area (Å²) in [4.78, 5) is 2.43. The second kappa shape index (κ2) is 6.14. The SMILES string of the molecule is COC1CN(C(C)CC(C)(N)CO)CCC1C. The lowest BCUT2D eigenvalue weighted by molar-refractivity contribution is -0.0213. The number of aliphatic hydroxyl groups is 1. The van der Waals surface area contributed by atoms with Gasteiger partial charge in [0.15, 0.2) is 0 Å². The van der Waals surface area contributed by atoms with Crippen molar-refractivity contribution < 1.29 is 9.84 Å². The summed E-state index contributed by atoms with van der Waals surface area (Å²) in [6, 6.07) is 0.391. The minimum Gasteiger partial charge on any atom is -0.394 e. The number of hydrogen-bond donors (Lipinski definition) is 2. The van der Waals surface area contributed by atoms with E-state index in [4.69, 9.17) is 10.5 Å². The van der Waals surface area contributed by atoms with Crippen LogP contribution >= 0.6 is 0 Å². The first-order chi connectivity index (χ1) is 7.89. The molecule has 1 fully saturated rings. The highest BCUT2D eigenvalue weighted by Gasteiger charge is 2.31. The predicted octanol–water partition coefficient (Wildman–Crippen LogP) is 0.832. The number of nitrogens with two attached hydrogens (primary N) is 1. The Balaban J connectivity index is 2.50. The highest BCUT2D eigenvalue weighted by atomic mass is 16.5. The van der Waals surface area contributed by atoms with Gasteiger partial charge in [-0.05, 0) is 39.2 Å². The van der Waals surface area contributed by atoms with E-state index in [0.29, 0.717) is 18.1 Å². The van der Waals surface area contributed by atoms with E-state index in [1.165, 1.54) is 6.42 Å². The molecule has 1 saturated heterocycles. The number of aliphatic hydroxyl groups excluding tert-OH is 1. The number of methoxy groups -OCH3 is 1. The summed E-state index contributed by atoms with van der Waals surface area (Å²) < 4.78 is 5.52. The maximum absolute atomic E-state index is 9.21. The Hall–Kier alpha value is -0.160. The summed E-state index contributed by atoms with van der Waals surface area (Å²) in [5.74, 6) is 0.630. The van der Waals surface area contributed by atoms with Gasteiger partial charge in [0.05, 0.1) is 12.7 Å². The van der Waals surface area contributed by atoms with E-state index in [9.17, 15) is 5.11 Å². The zero-order chi connectivity index (χ0) is 13.1. The molecule has 17 heavy (non-hydrogen) atoms. The highest BCUT2D eigenvalue weighted by Crippen LogP contribution is 2.23. The third-order valence-corrected chi connectivity index (χ3v) is 3.97. The summed E-state index contributed by atoms with van der Waals surface area (Å²) in [5, 5.41) is 9.21. The lowest BCUT2D eigenvalue weighted by Crippen LogP contribution is -2.52. The number of nitrogens with zero attached hydrogens (tertiary/aromatic N) is 1. The molecule has 0 aromatic rings. The topological polar surface area (TPSA) is 58.7 Å². The molecule has 0 aromatic heterocycles. The molecule has 1 aliphatic rings. The van der Waals surface area contributed by atoms with Crippen LogP contribution in [0.15, 0.2) is 0 Å². The van der Waals surface area contributed by atoms with Crippen LogP contribution in [0, 0.1) is 5.92 Å². The smallest absolute Gasteiger partial charge is 0.0724 e. The van der Waals surface area contributed by atoms with E-state index < -0.39 is 5.54 Å². The number of ether oxygens (including phenoxy) is 1. The number of piperidine rings is 1. The number of hydrogen-bond acceptors (Lipinski definition) is 4. The van der Waals surface area contributed by atoms with Crippen molar-refractivity contribution >= 4 is 0 Å². The lowest BCUT2D eigenvalue weighted by Gasteiger charge is -2.41. The molecule has 1 rings (SSSR count). The molecule has 102 valence electrons. The van der Waals surface area contributed by atoms with Crippen molar-refractivity contribution in [3.8, 4) is 0 Å². The molecule has 0 bridgehead atoms. The molecule has 0 spiro atoms. The number of rotatable bonds is 5. The van der Waals surface area contributed by atoms with Gasteiger partial charge in [-0.2, -0.15) is 0 Å².